The van der Waals surface area contributed by atoms with Gasteiger partial charge in [0.2, 0.25) is 0 Å². The quantitative estimate of drug-likeness (QED) is 0.548. The highest BCUT2D eigenvalue weighted by Crippen LogP contribution is 2.34. The first-order valence-electron chi connectivity index (χ1n) is 6.74. The third kappa shape index (κ3) is 1.50. The lowest BCUT2D eigenvalue weighted by Gasteiger charge is -2.11. The Bertz CT molecular complexity index is 827. The van der Waals surface area contributed by atoms with Gasteiger partial charge in [-0.05, 0) is 24.3 Å². The summed E-state index contributed by atoms with van der Waals surface area (Å²) >= 11 is 0. The lowest BCUT2D eigenvalue weighted by atomic mass is 10.2. The molecule has 0 fully saturated rings. The second-order valence-electron chi connectivity index (χ2n) is 5.01. The molecule has 0 spiro atoms. The Morgan fingerprint density at radius 1 is 1.05 bits per heavy atom. The summed E-state index contributed by atoms with van der Waals surface area (Å²) < 4.78 is 2.32. The van der Waals surface area contributed by atoms with E-state index in [1.165, 1.54) is 22.2 Å². The van der Waals surface area contributed by atoms with Crippen molar-refractivity contribution in [3.05, 3.63) is 65.9 Å². The van der Waals surface area contributed by atoms with Gasteiger partial charge >= 0.3 is 0 Å². The van der Waals surface area contributed by atoms with Crippen molar-refractivity contribution >= 4 is 22.7 Å². The Labute approximate surface area is 117 Å². The number of anilines is 1. The van der Waals surface area contributed by atoms with Crippen LogP contribution < -0.4 is 11.3 Å². The van der Waals surface area contributed by atoms with Crippen LogP contribution in [0.1, 0.15) is 11.3 Å². The summed E-state index contributed by atoms with van der Waals surface area (Å²) in [6.45, 7) is 0. The van der Waals surface area contributed by atoms with E-state index in [2.05, 4.69) is 58.5 Å². The molecule has 4 rings (SSSR count). The van der Waals surface area contributed by atoms with Gasteiger partial charge in [-0.1, -0.05) is 36.4 Å². The topological polar surface area (TPSA) is 43.0 Å². The monoisotopic (exact) mass is 261 g/mol. The molecule has 0 unspecified atom stereocenters. The van der Waals surface area contributed by atoms with E-state index in [1.54, 1.807) is 0 Å². The van der Waals surface area contributed by atoms with E-state index < -0.39 is 0 Å². The Kier molecular flexibility index (Phi) is 2.41. The van der Waals surface area contributed by atoms with Gasteiger partial charge in [-0.3, -0.25) is 5.84 Å². The highest BCUT2D eigenvalue weighted by Gasteiger charge is 2.18. The number of aromatic nitrogens is 1. The maximum absolute atomic E-state index is 5.53. The van der Waals surface area contributed by atoms with Crippen molar-refractivity contribution in [3.8, 4) is 5.69 Å². The van der Waals surface area contributed by atoms with Gasteiger partial charge in [-0.25, -0.2) is 0 Å². The number of nitrogens with two attached hydrogens (primary N) is 1. The number of benzene rings is 2. The van der Waals surface area contributed by atoms with Gasteiger partial charge in [0.1, 0.15) is 0 Å². The van der Waals surface area contributed by atoms with Crippen LogP contribution in [-0.2, 0) is 6.42 Å². The van der Waals surface area contributed by atoms with Gasteiger partial charge in [-0.2, -0.15) is 0 Å². The van der Waals surface area contributed by atoms with Gasteiger partial charge in [0, 0.05) is 28.8 Å². The zero-order valence-corrected chi connectivity index (χ0v) is 11.0. The highest BCUT2D eigenvalue weighted by atomic mass is 15.2. The predicted molar refractivity (Wildman–Crippen MR) is 83.8 cm³/mol. The maximum atomic E-state index is 5.53. The first kappa shape index (κ1) is 11.3. The van der Waals surface area contributed by atoms with E-state index in [0.717, 1.165) is 17.8 Å². The number of allylic oxidation sites excluding steroid dienone is 1. The molecule has 0 atom stereocenters. The molecule has 2 aromatic carbocycles. The number of hydrazine groups is 1. The number of rotatable bonds is 2. The van der Waals surface area contributed by atoms with E-state index >= 15 is 0 Å². The van der Waals surface area contributed by atoms with Crippen LogP contribution in [0.15, 0.2) is 54.6 Å². The molecule has 1 aliphatic rings. The van der Waals surface area contributed by atoms with Crippen LogP contribution in [0.25, 0.3) is 22.7 Å². The number of nitrogens with one attached hydrogen (secondary N) is 1. The smallest absolute Gasteiger partial charge is 0.0537 e. The maximum Gasteiger partial charge on any atom is 0.0537 e. The minimum absolute atomic E-state index is 0.917. The van der Waals surface area contributed by atoms with Gasteiger partial charge in [0.15, 0.2) is 0 Å². The fourth-order valence-electron chi connectivity index (χ4n) is 3.02. The summed E-state index contributed by atoms with van der Waals surface area (Å²) in [4.78, 5) is 0. The average Bonchev–Trinajstić information content (AvgIpc) is 3.07. The Morgan fingerprint density at radius 3 is 2.85 bits per heavy atom. The molecule has 1 aromatic heterocycles. The van der Waals surface area contributed by atoms with Gasteiger partial charge in [0.25, 0.3) is 0 Å². The zero-order chi connectivity index (χ0) is 13.5. The number of nitrogens with zero attached hydrogens (tertiary/aromatic N) is 1. The number of hydrogen-bond acceptors (Lipinski definition) is 2. The molecule has 0 aliphatic heterocycles. The largest absolute Gasteiger partial charge is 0.324 e. The van der Waals surface area contributed by atoms with Crippen LogP contribution >= 0.6 is 0 Å². The van der Waals surface area contributed by atoms with Crippen molar-refractivity contribution in [2.24, 2.45) is 5.84 Å². The van der Waals surface area contributed by atoms with Crippen LogP contribution in [0, 0.1) is 0 Å². The molecular formula is C17H15N3. The lowest BCUT2D eigenvalue weighted by Crippen LogP contribution is -2.07. The highest BCUT2D eigenvalue weighted by molar-refractivity contribution is 5.94. The van der Waals surface area contributed by atoms with Gasteiger partial charge in [0.05, 0.1) is 11.2 Å². The molecule has 0 saturated carbocycles. The molecule has 3 heteroatoms. The third-order valence-electron chi connectivity index (χ3n) is 3.88. The van der Waals surface area contributed by atoms with Crippen LogP contribution in [0.5, 0.6) is 0 Å². The molecule has 1 heterocycles. The Hall–Kier alpha value is -2.52. The second kappa shape index (κ2) is 4.25. The van der Waals surface area contributed by atoms with E-state index in [9.17, 15) is 0 Å². The lowest BCUT2D eigenvalue weighted by molar-refractivity contribution is 1.01. The van der Waals surface area contributed by atoms with Crippen molar-refractivity contribution in [3.63, 3.8) is 0 Å². The van der Waals surface area contributed by atoms with Crippen molar-refractivity contribution < 1.29 is 0 Å². The summed E-state index contributed by atoms with van der Waals surface area (Å²) in [5, 5.41) is 1.31. The number of hydrogen-bond donors (Lipinski definition) is 2. The molecule has 1 aliphatic carbocycles. The van der Waals surface area contributed by atoms with E-state index in [1.807, 2.05) is 12.1 Å². The minimum Gasteiger partial charge on any atom is -0.324 e. The summed E-state index contributed by atoms with van der Waals surface area (Å²) in [6.07, 6.45) is 5.42. The number of nitrogen functional groups attached to an aromatic ring is 1. The van der Waals surface area contributed by atoms with Crippen molar-refractivity contribution in [2.75, 3.05) is 5.43 Å². The van der Waals surface area contributed by atoms with Crippen molar-refractivity contribution in [1.82, 2.24) is 4.57 Å². The van der Waals surface area contributed by atoms with Crippen LogP contribution in [0.4, 0.5) is 5.69 Å². The molecular weight excluding hydrogens is 246 g/mol. The summed E-state index contributed by atoms with van der Waals surface area (Å²) in [5.74, 6) is 5.53. The van der Waals surface area contributed by atoms with Crippen molar-refractivity contribution in [2.45, 2.75) is 6.42 Å². The van der Waals surface area contributed by atoms with E-state index in [-0.39, 0.29) is 0 Å². The summed E-state index contributed by atoms with van der Waals surface area (Å²) in [5.41, 5.74) is 8.71. The minimum atomic E-state index is 0.917. The molecule has 0 bridgehead atoms. The molecule has 0 radical (unpaired) electrons. The van der Waals surface area contributed by atoms with Crippen LogP contribution in [0.2, 0.25) is 0 Å². The molecule has 20 heavy (non-hydrogen) atoms. The first-order chi connectivity index (χ1) is 9.88. The number of para-hydroxylation sites is 1. The zero-order valence-electron chi connectivity index (χ0n) is 11.0. The third-order valence-corrected chi connectivity index (χ3v) is 3.88. The van der Waals surface area contributed by atoms with Gasteiger partial charge in [-0.15, -0.1) is 0 Å². The fourth-order valence-corrected chi connectivity index (χ4v) is 3.02. The van der Waals surface area contributed by atoms with Crippen LogP contribution in [-0.4, -0.2) is 4.57 Å². The molecule has 0 amide bonds. The Balaban J connectivity index is 2.05. The standard InChI is InChI=1S/C17H15N3/c18-19-12-5-3-6-13(11-12)20-16-9-2-1-7-14(16)15-8-4-10-17(15)20/h1-9,11,19H,10,18H2. The molecule has 3 nitrogen and oxygen atoms in total. The first-order valence-corrected chi connectivity index (χ1v) is 6.74. The molecule has 98 valence electrons. The molecule has 3 aromatic rings. The van der Waals surface area contributed by atoms with E-state index in [4.69, 9.17) is 5.84 Å². The fraction of sp³-hybridized carbons (Fsp3) is 0.0588. The average molecular weight is 261 g/mol. The summed E-state index contributed by atoms with van der Waals surface area (Å²) in [7, 11) is 0. The molecule has 3 N–H and O–H groups in total. The predicted octanol–water partition coefficient (Wildman–Crippen LogP) is 3.49. The molecule has 0 saturated heterocycles. The van der Waals surface area contributed by atoms with Gasteiger partial charge < -0.3 is 9.99 Å². The second-order valence-corrected chi connectivity index (χ2v) is 5.01. The van der Waals surface area contributed by atoms with Crippen LogP contribution in [0.3, 0.4) is 0 Å². The normalized spacial score (nSPS) is 12.8. The van der Waals surface area contributed by atoms with E-state index in [0.29, 0.717) is 0 Å². The SMILES string of the molecule is NNc1cccc(-n2c3c(c4ccccc42)C=CC3)c1. The Morgan fingerprint density at radius 2 is 1.95 bits per heavy atom. The van der Waals surface area contributed by atoms with Crippen molar-refractivity contribution in [1.29, 1.82) is 0 Å². The summed E-state index contributed by atoms with van der Waals surface area (Å²) in [6, 6.07) is 16.7. The number of fused-ring (bicyclic) bond motifs is 3.